The van der Waals surface area contributed by atoms with E-state index in [1.165, 1.54) is 30.6 Å². The van der Waals surface area contributed by atoms with E-state index in [2.05, 4.69) is 32.2 Å². The molecule has 0 saturated heterocycles. The number of anilines is 2. The maximum atomic E-state index is 12.9. The van der Waals surface area contributed by atoms with Crippen molar-refractivity contribution in [1.82, 2.24) is 15.0 Å². The van der Waals surface area contributed by atoms with Crippen molar-refractivity contribution in [2.75, 3.05) is 10.6 Å². The van der Waals surface area contributed by atoms with Crippen molar-refractivity contribution < 1.29 is 27.5 Å². The van der Waals surface area contributed by atoms with Crippen LogP contribution in [0.4, 0.5) is 24.7 Å². The number of alkyl halides is 3. The third-order valence-corrected chi connectivity index (χ3v) is 4.71. The first-order valence-corrected chi connectivity index (χ1v) is 10.0. The average molecular weight is 479 g/mol. The summed E-state index contributed by atoms with van der Waals surface area (Å²) in [5.74, 6) is -0.678. The third-order valence-electron chi connectivity index (χ3n) is 4.71. The number of benzene rings is 2. The van der Waals surface area contributed by atoms with E-state index in [9.17, 15) is 22.8 Å². The summed E-state index contributed by atoms with van der Waals surface area (Å²) in [7, 11) is 0. The fourth-order valence-corrected chi connectivity index (χ4v) is 3.04. The van der Waals surface area contributed by atoms with Gasteiger partial charge < -0.3 is 15.4 Å². The Morgan fingerprint density at radius 2 is 1.71 bits per heavy atom. The molecule has 2 N–H and O–H groups in total. The molecule has 0 saturated carbocycles. The molecule has 0 spiro atoms. The zero-order valence-electron chi connectivity index (χ0n) is 17.8. The van der Waals surface area contributed by atoms with E-state index in [4.69, 9.17) is 4.74 Å². The number of halogens is 3. The number of pyridine rings is 1. The molecule has 0 aliphatic rings. The second-order valence-electron chi connectivity index (χ2n) is 7.11. The number of hydrogen-bond donors (Lipinski definition) is 2. The molecular formula is C24H16F3N5O3. The van der Waals surface area contributed by atoms with Crippen LogP contribution >= 0.6 is 0 Å². The topological polar surface area (TPSA) is 106 Å². The number of carbonyl (C=O) groups is 2. The highest BCUT2D eigenvalue weighted by molar-refractivity contribution is 6.04. The van der Waals surface area contributed by atoms with Crippen LogP contribution in [0.1, 0.15) is 15.9 Å². The molecular weight excluding hydrogens is 463 g/mol. The number of fused-ring (bicyclic) bond motifs is 1. The van der Waals surface area contributed by atoms with E-state index in [0.717, 1.165) is 24.4 Å². The smallest absolute Gasteiger partial charge is 0.416 e. The number of carbonyl (C=O) groups excluding carboxylic acids is 2. The van der Waals surface area contributed by atoms with E-state index in [1.54, 1.807) is 18.2 Å². The third kappa shape index (κ3) is 5.58. The monoisotopic (exact) mass is 479 g/mol. The highest BCUT2D eigenvalue weighted by Gasteiger charge is 2.30. The largest absolute Gasteiger partial charge is 0.438 e. The van der Waals surface area contributed by atoms with Crippen molar-refractivity contribution in [3.05, 3.63) is 90.9 Å². The Kier molecular flexibility index (Phi) is 6.40. The van der Waals surface area contributed by atoms with Gasteiger partial charge in [0, 0.05) is 17.4 Å². The van der Waals surface area contributed by atoms with Gasteiger partial charge >= 0.3 is 6.18 Å². The fourth-order valence-electron chi connectivity index (χ4n) is 3.04. The Bertz CT molecular complexity index is 1420. The lowest BCUT2D eigenvalue weighted by atomic mass is 10.2. The molecule has 11 heteroatoms. The first kappa shape index (κ1) is 23.4. The molecule has 4 rings (SSSR count). The Balaban J connectivity index is 1.50. The second kappa shape index (κ2) is 9.59. The minimum absolute atomic E-state index is 0.179. The lowest BCUT2D eigenvalue weighted by Gasteiger charge is -2.10. The van der Waals surface area contributed by atoms with Gasteiger partial charge in [-0.05, 0) is 60.7 Å². The van der Waals surface area contributed by atoms with Gasteiger partial charge in [-0.25, -0.2) is 15.0 Å². The molecule has 176 valence electrons. The molecule has 0 fully saturated rings. The van der Waals surface area contributed by atoms with Crippen molar-refractivity contribution in [3.63, 3.8) is 0 Å². The van der Waals surface area contributed by atoms with Crippen LogP contribution in [0.3, 0.4) is 0 Å². The van der Waals surface area contributed by atoms with Crippen molar-refractivity contribution in [2.45, 2.75) is 6.18 Å². The fraction of sp³-hybridized carbons (Fsp3) is 0.0417. The van der Waals surface area contributed by atoms with E-state index in [1.807, 2.05) is 0 Å². The van der Waals surface area contributed by atoms with Crippen LogP contribution in [-0.4, -0.2) is 26.8 Å². The van der Waals surface area contributed by atoms with E-state index in [-0.39, 0.29) is 23.2 Å². The summed E-state index contributed by atoms with van der Waals surface area (Å²) in [5.41, 5.74) is 0.336. The van der Waals surface area contributed by atoms with Crippen LogP contribution in [0.5, 0.6) is 11.6 Å². The Morgan fingerprint density at radius 1 is 0.943 bits per heavy atom. The summed E-state index contributed by atoms with van der Waals surface area (Å²) in [4.78, 5) is 36.1. The minimum Gasteiger partial charge on any atom is -0.438 e. The molecule has 0 aliphatic carbocycles. The lowest BCUT2D eigenvalue weighted by molar-refractivity contribution is -0.137. The molecule has 0 aliphatic heterocycles. The van der Waals surface area contributed by atoms with Gasteiger partial charge in [-0.3, -0.25) is 9.59 Å². The van der Waals surface area contributed by atoms with Gasteiger partial charge in [0.1, 0.15) is 17.9 Å². The zero-order valence-corrected chi connectivity index (χ0v) is 17.8. The van der Waals surface area contributed by atoms with E-state index in [0.29, 0.717) is 22.3 Å². The zero-order chi connectivity index (χ0) is 25.0. The molecule has 2 aromatic carbocycles. The van der Waals surface area contributed by atoms with Gasteiger partial charge in [-0.15, -0.1) is 0 Å². The number of ether oxygens (including phenoxy) is 1. The van der Waals surface area contributed by atoms with Crippen LogP contribution in [-0.2, 0) is 11.0 Å². The second-order valence-corrected chi connectivity index (χ2v) is 7.11. The van der Waals surface area contributed by atoms with Crippen LogP contribution in [0.2, 0.25) is 0 Å². The molecule has 0 atom stereocenters. The number of rotatable bonds is 6. The van der Waals surface area contributed by atoms with Gasteiger partial charge in [0.25, 0.3) is 5.91 Å². The molecule has 2 heterocycles. The quantitative estimate of drug-likeness (QED) is 0.368. The summed E-state index contributed by atoms with van der Waals surface area (Å²) < 4.78 is 44.4. The molecule has 2 amide bonds. The van der Waals surface area contributed by atoms with E-state index >= 15 is 0 Å². The number of nitrogens with zero attached hydrogens (tertiary/aromatic N) is 3. The highest BCUT2D eigenvalue weighted by atomic mass is 19.4. The first-order valence-electron chi connectivity index (χ1n) is 10.0. The van der Waals surface area contributed by atoms with Crippen LogP contribution in [0.25, 0.3) is 10.9 Å². The summed E-state index contributed by atoms with van der Waals surface area (Å²) in [6, 6.07) is 12.5. The van der Waals surface area contributed by atoms with Gasteiger partial charge in [0.15, 0.2) is 0 Å². The standard InChI is InChI=1S/C24H16F3N5O3/c1-2-21(33)31-16-5-8-19-18(12-16)23(30-13-29-19)35-17-6-3-14(4-7-17)22(34)32-20-11-15(9-10-28-20)24(25,26)27/h2-13H,1H2,(H,31,33)(H,28,32,34). The Morgan fingerprint density at radius 3 is 2.43 bits per heavy atom. The van der Waals surface area contributed by atoms with Gasteiger partial charge in [-0.1, -0.05) is 6.58 Å². The van der Waals surface area contributed by atoms with Crippen molar-refractivity contribution in [1.29, 1.82) is 0 Å². The van der Waals surface area contributed by atoms with Gasteiger partial charge in [0.2, 0.25) is 11.8 Å². The predicted octanol–water partition coefficient (Wildman–Crippen LogP) is 5.21. The average Bonchev–Trinajstić information content (AvgIpc) is 2.84. The number of nitrogens with one attached hydrogen (secondary N) is 2. The summed E-state index contributed by atoms with van der Waals surface area (Å²) in [5, 5.41) is 5.52. The van der Waals surface area contributed by atoms with E-state index < -0.39 is 17.6 Å². The van der Waals surface area contributed by atoms with Gasteiger partial charge in [0.05, 0.1) is 16.5 Å². The predicted molar refractivity (Wildman–Crippen MR) is 122 cm³/mol. The molecule has 2 aromatic heterocycles. The summed E-state index contributed by atoms with van der Waals surface area (Å²) in [6.07, 6.45) is -1.12. The van der Waals surface area contributed by atoms with Crippen molar-refractivity contribution in [2.24, 2.45) is 0 Å². The number of aromatic nitrogens is 3. The maximum absolute atomic E-state index is 12.9. The maximum Gasteiger partial charge on any atom is 0.416 e. The van der Waals surface area contributed by atoms with Crippen LogP contribution < -0.4 is 15.4 Å². The Labute approximate surface area is 196 Å². The van der Waals surface area contributed by atoms with Crippen LogP contribution in [0.15, 0.2) is 79.8 Å². The normalized spacial score (nSPS) is 11.1. The summed E-state index contributed by atoms with van der Waals surface area (Å²) in [6.45, 7) is 3.41. The molecule has 8 nitrogen and oxygen atoms in total. The molecule has 0 unspecified atom stereocenters. The minimum atomic E-state index is -4.55. The highest BCUT2D eigenvalue weighted by Crippen LogP contribution is 2.31. The first-order chi connectivity index (χ1) is 16.7. The number of hydrogen-bond acceptors (Lipinski definition) is 6. The molecule has 0 bridgehead atoms. The molecule has 4 aromatic rings. The Hall–Kier alpha value is -4.80. The van der Waals surface area contributed by atoms with Crippen LogP contribution in [0, 0.1) is 0 Å². The number of amides is 2. The van der Waals surface area contributed by atoms with Crippen molar-refractivity contribution >= 4 is 34.2 Å². The molecule has 0 radical (unpaired) electrons. The molecule has 35 heavy (non-hydrogen) atoms. The lowest BCUT2D eigenvalue weighted by Crippen LogP contribution is -2.14. The van der Waals surface area contributed by atoms with Crippen molar-refractivity contribution in [3.8, 4) is 11.6 Å². The summed E-state index contributed by atoms with van der Waals surface area (Å²) >= 11 is 0. The van der Waals surface area contributed by atoms with Gasteiger partial charge in [-0.2, -0.15) is 13.2 Å². The SMILES string of the molecule is C=CC(=O)Nc1ccc2ncnc(Oc3ccc(C(=O)Nc4cc(C(F)(F)F)ccn4)cc3)c2c1.